The molecule has 4 heteroatoms. The van der Waals surface area contributed by atoms with Gasteiger partial charge in [-0.25, -0.2) is 0 Å². The van der Waals surface area contributed by atoms with Gasteiger partial charge in [-0.2, -0.15) is 0 Å². The summed E-state index contributed by atoms with van der Waals surface area (Å²) in [6.45, 7) is 2.08. The molecule has 1 aromatic heterocycles. The standard InChI is InChI=1S/C14H18N2O2/c1-10(17-2)3-4-11-5-7-12(8-6-11)13-9-14(15)16-18-13/h5-10H,3-4H2,1-2H3,(H2,15,16). The molecule has 96 valence electrons. The Morgan fingerprint density at radius 3 is 2.61 bits per heavy atom. The SMILES string of the molecule is COC(C)CCc1ccc(-c2cc(N)no2)cc1. The summed E-state index contributed by atoms with van der Waals surface area (Å²) in [6, 6.07) is 9.95. The predicted octanol–water partition coefficient (Wildman–Crippen LogP) is 2.89. The van der Waals surface area contributed by atoms with Crippen LogP contribution in [0.15, 0.2) is 34.9 Å². The summed E-state index contributed by atoms with van der Waals surface area (Å²) < 4.78 is 10.3. The van der Waals surface area contributed by atoms with Gasteiger partial charge in [0.05, 0.1) is 6.10 Å². The van der Waals surface area contributed by atoms with Crippen LogP contribution >= 0.6 is 0 Å². The van der Waals surface area contributed by atoms with Crippen LogP contribution in [0, 0.1) is 0 Å². The number of nitrogens with two attached hydrogens (primary N) is 1. The molecule has 0 aliphatic rings. The minimum atomic E-state index is 0.291. The van der Waals surface area contributed by atoms with Crippen LogP contribution in [0.2, 0.25) is 0 Å². The lowest BCUT2D eigenvalue weighted by atomic mass is 10.0. The number of rotatable bonds is 5. The van der Waals surface area contributed by atoms with Crippen molar-refractivity contribution in [3.05, 3.63) is 35.9 Å². The molecule has 2 rings (SSSR count). The molecule has 1 heterocycles. The van der Waals surface area contributed by atoms with E-state index in [2.05, 4.69) is 24.2 Å². The van der Waals surface area contributed by atoms with Crippen molar-refractivity contribution >= 4 is 5.82 Å². The van der Waals surface area contributed by atoms with Gasteiger partial charge in [0.25, 0.3) is 0 Å². The first-order chi connectivity index (χ1) is 8.69. The number of aromatic nitrogens is 1. The number of aryl methyl sites for hydroxylation is 1. The summed E-state index contributed by atoms with van der Waals surface area (Å²) in [6.07, 6.45) is 2.32. The Balaban J connectivity index is 2.01. The second-order valence-electron chi connectivity index (χ2n) is 4.40. The van der Waals surface area contributed by atoms with Crippen molar-refractivity contribution in [2.24, 2.45) is 0 Å². The highest BCUT2D eigenvalue weighted by molar-refractivity contribution is 5.60. The van der Waals surface area contributed by atoms with Crippen molar-refractivity contribution in [3.8, 4) is 11.3 Å². The molecule has 0 saturated carbocycles. The van der Waals surface area contributed by atoms with Gasteiger partial charge in [-0.3, -0.25) is 0 Å². The fourth-order valence-corrected chi connectivity index (χ4v) is 1.75. The lowest BCUT2D eigenvalue weighted by molar-refractivity contribution is 0.111. The molecular formula is C14H18N2O2. The van der Waals surface area contributed by atoms with Gasteiger partial charge in [-0.1, -0.05) is 29.4 Å². The Labute approximate surface area is 107 Å². The van der Waals surface area contributed by atoms with E-state index in [9.17, 15) is 0 Å². The molecular weight excluding hydrogens is 228 g/mol. The number of anilines is 1. The van der Waals surface area contributed by atoms with E-state index >= 15 is 0 Å². The molecule has 1 atom stereocenters. The highest BCUT2D eigenvalue weighted by Crippen LogP contribution is 2.22. The number of ether oxygens (including phenoxy) is 1. The van der Waals surface area contributed by atoms with Crippen LogP contribution in [0.3, 0.4) is 0 Å². The topological polar surface area (TPSA) is 61.3 Å². The van der Waals surface area contributed by atoms with Gasteiger partial charge in [0.1, 0.15) is 0 Å². The molecule has 0 fully saturated rings. The average molecular weight is 246 g/mol. The molecule has 0 amide bonds. The third kappa shape index (κ3) is 3.11. The molecule has 1 unspecified atom stereocenters. The first-order valence-corrected chi connectivity index (χ1v) is 6.03. The van der Waals surface area contributed by atoms with Gasteiger partial charge < -0.3 is 15.0 Å². The summed E-state index contributed by atoms with van der Waals surface area (Å²) in [7, 11) is 1.74. The minimum Gasteiger partial charge on any atom is -0.382 e. The predicted molar refractivity (Wildman–Crippen MR) is 71.1 cm³/mol. The van der Waals surface area contributed by atoms with Crippen molar-refractivity contribution in [3.63, 3.8) is 0 Å². The molecule has 0 bridgehead atoms. The summed E-state index contributed by atoms with van der Waals surface area (Å²) >= 11 is 0. The Morgan fingerprint density at radius 1 is 1.33 bits per heavy atom. The lowest BCUT2D eigenvalue weighted by Crippen LogP contribution is -2.05. The van der Waals surface area contributed by atoms with E-state index in [1.165, 1.54) is 5.56 Å². The highest BCUT2D eigenvalue weighted by Gasteiger charge is 2.05. The smallest absolute Gasteiger partial charge is 0.169 e. The van der Waals surface area contributed by atoms with Crippen molar-refractivity contribution in [1.29, 1.82) is 0 Å². The molecule has 0 aliphatic heterocycles. The Bertz CT molecular complexity index is 491. The first-order valence-electron chi connectivity index (χ1n) is 6.03. The second kappa shape index (κ2) is 5.69. The Hall–Kier alpha value is -1.81. The fraction of sp³-hybridized carbons (Fsp3) is 0.357. The molecule has 0 spiro atoms. The number of benzene rings is 1. The molecule has 4 nitrogen and oxygen atoms in total. The van der Waals surface area contributed by atoms with Crippen LogP contribution in [-0.2, 0) is 11.2 Å². The summed E-state index contributed by atoms with van der Waals surface area (Å²) in [5.41, 5.74) is 7.80. The molecule has 2 aromatic rings. The molecule has 2 N–H and O–H groups in total. The van der Waals surface area contributed by atoms with Gasteiger partial charge in [0.15, 0.2) is 11.6 Å². The van der Waals surface area contributed by atoms with E-state index in [1.54, 1.807) is 13.2 Å². The largest absolute Gasteiger partial charge is 0.382 e. The molecule has 0 radical (unpaired) electrons. The summed E-state index contributed by atoms with van der Waals surface area (Å²) in [4.78, 5) is 0. The molecule has 0 saturated heterocycles. The average Bonchev–Trinajstić information content (AvgIpc) is 2.83. The van der Waals surface area contributed by atoms with Crippen molar-refractivity contribution in [2.45, 2.75) is 25.9 Å². The van der Waals surface area contributed by atoms with E-state index in [-0.39, 0.29) is 0 Å². The van der Waals surface area contributed by atoms with Gasteiger partial charge in [0, 0.05) is 18.7 Å². The monoisotopic (exact) mass is 246 g/mol. The highest BCUT2D eigenvalue weighted by atomic mass is 16.5. The number of hydrogen-bond donors (Lipinski definition) is 1. The molecule has 18 heavy (non-hydrogen) atoms. The first kappa shape index (κ1) is 12.6. The summed E-state index contributed by atoms with van der Waals surface area (Å²) in [5.74, 6) is 1.10. The van der Waals surface area contributed by atoms with Crippen molar-refractivity contribution in [1.82, 2.24) is 5.16 Å². The van der Waals surface area contributed by atoms with Gasteiger partial charge in [-0.15, -0.1) is 0 Å². The van der Waals surface area contributed by atoms with Crippen molar-refractivity contribution in [2.75, 3.05) is 12.8 Å². The minimum absolute atomic E-state index is 0.291. The Kier molecular flexibility index (Phi) is 3.99. The maximum absolute atomic E-state index is 5.52. The van der Waals surface area contributed by atoms with Gasteiger partial charge in [-0.05, 0) is 25.3 Å². The van der Waals surface area contributed by atoms with E-state index in [4.69, 9.17) is 15.0 Å². The number of nitrogens with zero attached hydrogens (tertiary/aromatic N) is 1. The fourth-order valence-electron chi connectivity index (χ4n) is 1.75. The normalized spacial score (nSPS) is 12.6. The quantitative estimate of drug-likeness (QED) is 0.881. The third-order valence-corrected chi connectivity index (χ3v) is 3.01. The van der Waals surface area contributed by atoms with E-state index in [0.717, 1.165) is 18.4 Å². The van der Waals surface area contributed by atoms with Crippen LogP contribution in [0.25, 0.3) is 11.3 Å². The van der Waals surface area contributed by atoms with E-state index in [0.29, 0.717) is 17.7 Å². The lowest BCUT2D eigenvalue weighted by Gasteiger charge is -2.08. The summed E-state index contributed by atoms with van der Waals surface area (Å²) in [5, 5.41) is 3.67. The molecule has 1 aromatic carbocycles. The maximum atomic E-state index is 5.52. The number of hydrogen-bond acceptors (Lipinski definition) is 4. The Morgan fingerprint density at radius 2 is 2.06 bits per heavy atom. The van der Waals surface area contributed by atoms with Crippen LogP contribution in [0.1, 0.15) is 18.9 Å². The zero-order valence-electron chi connectivity index (χ0n) is 10.7. The van der Waals surface area contributed by atoms with E-state index < -0.39 is 0 Å². The third-order valence-electron chi connectivity index (χ3n) is 3.01. The zero-order chi connectivity index (χ0) is 13.0. The van der Waals surface area contributed by atoms with Gasteiger partial charge in [0.2, 0.25) is 0 Å². The maximum Gasteiger partial charge on any atom is 0.169 e. The van der Waals surface area contributed by atoms with Gasteiger partial charge >= 0.3 is 0 Å². The van der Waals surface area contributed by atoms with Crippen LogP contribution in [-0.4, -0.2) is 18.4 Å². The van der Waals surface area contributed by atoms with Crippen LogP contribution < -0.4 is 5.73 Å². The zero-order valence-corrected chi connectivity index (χ0v) is 10.7. The molecule has 0 aliphatic carbocycles. The number of nitrogen functional groups attached to an aromatic ring is 1. The second-order valence-corrected chi connectivity index (χ2v) is 4.40. The van der Waals surface area contributed by atoms with Crippen molar-refractivity contribution < 1.29 is 9.26 Å². The van der Waals surface area contributed by atoms with Crippen LogP contribution in [0.5, 0.6) is 0 Å². The van der Waals surface area contributed by atoms with E-state index in [1.807, 2.05) is 12.1 Å². The number of methoxy groups -OCH3 is 1. The van der Waals surface area contributed by atoms with Crippen LogP contribution in [0.4, 0.5) is 5.82 Å².